The topological polar surface area (TPSA) is 46.2 Å². The van der Waals surface area contributed by atoms with Crippen LogP contribution in [0.4, 0.5) is 0 Å². The van der Waals surface area contributed by atoms with Gasteiger partial charge in [-0.1, -0.05) is 24.3 Å². The van der Waals surface area contributed by atoms with Crippen LogP contribution in [0.1, 0.15) is 31.0 Å². The summed E-state index contributed by atoms with van der Waals surface area (Å²) in [6, 6.07) is 8.02. The lowest BCUT2D eigenvalue weighted by molar-refractivity contribution is 0.195. The summed E-state index contributed by atoms with van der Waals surface area (Å²) in [5.74, 6) is 0. The number of nitrogens with two attached hydrogens (primary N) is 1. The van der Waals surface area contributed by atoms with Crippen LogP contribution in [0.25, 0.3) is 0 Å². The Hall–Kier alpha value is -0.860. The number of aliphatic hydroxyl groups excluding tert-OH is 1. The third-order valence-electron chi connectivity index (χ3n) is 2.06. The maximum Gasteiger partial charge on any atom is 0.0552 e. The molecule has 0 saturated heterocycles. The van der Waals surface area contributed by atoms with Gasteiger partial charge in [-0.15, -0.1) is 0 Å². The molecule has 0 fully saturated rings. The standard InChI is InChI=1S/C11H17NO/c1-8(13)7-10-5-3-4-6-11(10)9(2)12/h3-6,8-9,13H,7,12H2,1-2H3. The van der Waals surface area contributed by atoms with Gasteiger partial charge in [0.15, 0.2) is 0 Å². The monoisotopic (exact) mass is 179 g/mol. The van der Waals surface area contributed by atoms with E-state index in [4.69, 9.17) is 5.73 Å². The number of hydrogen-bond donors (Lipinski definition) is 2. The van der Waals surface area contributed by atoms with Crippen molar-refractivity contribution in [1.82, 2.24) is 0 Å². The minimum Gasteiger partial charge on any atom is -0.393 e. The Labute approximate surface area is 79.4 Å². The van der Waals surface area contributed by atoms with Crippen molar-refractivity contribution < 1.29 is 5.11 Å². The Bertz CT molecular complexity index is 269. The van der Waals surface area contributed by atoms with Crippen LogP contribution in [0, 0.1) is 0 Å². The first-order valence-electron chi connectivity index (χ1n) is 4.62. The van der Waals surface area contributed by atoms with Crippen molar-refractivity contribution in [1.29, 1.82) is 0 Å². The second kappa shape index (κ2) is 4.40. The highest BCUT2D eigenvalue weighted by atomic mass is 16.3. The highest BCUT2D eigenvalue weighted by Gasteiger charge is 2.07. The lowest BCUT2D eigenvalue weighted by Gasteiger charge is -2.13. The van der Waals surface area contributed by atoms with Gasteiger partial charge in [-0.3, -0.25) is 0 Å². The van der Waals surface area contributed by atoms with Crippen LogP contribution in [-0.4, -0.2) is 11.2 Å². The molecule has 1 aromatic rings. The Morgan fingerprint density at radius 1 is 1.31 bits per heavy atom. The smallest absolute Gasteiger partial charge is 0.0552 e. The number of hydrogen-bond acceptors (Lipinski definition) is 2. The minimum atomic E-state index is -0.306. The summed E-state index contributed by atoms with van der Waals surface area (Å²) >= 11 is 0. The molecule has 0 radical (unpaired) electrons. The molecular weight excluding hydrogens is 162 g/mol. The summed E-state index contributed by atoms with van der Waals surface area (Å²) in [6.07, 6.45) is 0.373. The highest BCUT2D eigenvalue weighted by molar-refractivity contribution is 5.29. The quantitative estimate of drug-likeness (QED) is 0.740. The molecule has 0 heterocycles. The third kappa shape index (κ3) is 2.83. The summed E-state index contributed by atoms with van der Waals surface area (Å²) in [6.45, 7) is 3.75. The van der Waals surface area contributed by atoms with E-state index >= 15 is 0 Å². The Kier molecular flexibility index (Phi) is 3.46. The zero-order valence-corrected chi connectivity index (χ0v) is 8.20. The molecule has 2 atom stereocenters. The van der Waals surface area contributed by atoms with Crippen molar-refractivity contribution in [3.05, 3.63) is 35.4 Å². The molecule has 2 unspecified atom stereocenters. The lowest BCUT2D eigenvalue weighted by Crippen LogP contribution is -2.12. The van der Waals surface area contributed by atoms with E-state index in [0.717, 1.165) is 11.1 Å². The molecule has 2 nitrogen and oxygen atoms in total. The molecule has 1 aromatic carbocycles. The molecule has 0 aromatic heterocycles. The molecule has 2 heteroatoms. The van der Waals surface area contributed by atoms with E-state index in [2.05, 4.69) is 0 Å². The zero-order chi connectivity index (χ0) is 9.84. The van der Waals surface area contributed by atoms with Gasteiger partial charge in [-0.05, 0) is 31.4 Å². The molecule has 0 bridgehead atoms. The summed E-state index contributed by atoms with van der Waals surface area (Å²) < 4.78 is 0. The van der Waals surface area contributed by atoms with Crippen LogP contribution in [0.2, 0.25) is 0 Å². The summed E-state index contributed by atoms with van der Waals surface area (Å²) in [5.41, 5.74) is 8.08. The van der Waals surface area contributed by atoms with Gasteiger partial charge in [0, 0.05) is 6.04 Å². The highest BCUT2D eigenvalue weighted by Crippen LogP contribution is 2.16. The fourth-order valence-corrected chi connectivity index (χ4v) is 1.48. The Balaban J connectivity index is 2.91. The van der Waals surface area contributed by atoms with Gasteiger partial charge >= 0.3 is 0 Å². The van der Waals surface area contributed by atoms with Crippen LogP contribution in [0.5, 0.6) is 0 Å². The van der Waals surface area contributed by atoms with Crippen molar-refractivity contribution in [2.45, 2.75) is 32.4 Å². The fourth-order valence-electron chi connectivity index (χ4n) is 1.48. The molecule has 0 amide bonds. The molecule has 0 spiro atoms. The molecule has 0 aliphatic carbocycles. The minimum absolute atomic E-state index is 0.0370. The molecule has 1 rings (SSSR count). The lowest BCUT2D eigenvalue weighted by atomic mass is 9.98. The van der Waals surface area contributed by atoms with Crippen LogP contribution in [0.15, 0.2) is 24.3 Å². The fraction of sp³-hybridized carbons (Fsp3) is 0.455. The van der Waals surface area contributed by atoms with E-state index in [1.54, 1.807) is 6.92 Å². The third-order valence-corrected chi connectivity index (χ3v) is 2.06. The van der Waals surface area contributed by atoms with Crippen molar-refractivity contribution >= 4 is 0 Å². The van der Waals surface area contributed by atoms with Crippen molar-refractivity contribution in [3.63, 3.8) is 0 Å². The molecule has 72 valence electrons. The van der Waals surface area contributed by atoms with E-state index < -0.39 is 0 Å². The average Bonchev–Trinajstić information content (AvgIpc) is 2.03. The normalized spacial score (nSPS) is 15.4. The first-order chi connectivity index (χ1) is 6.11. The number of benzene rings is 1. The molecular formula is C11H17NO. The van der Waals surface area contributed by atoms with Crippen LogP contribution < -0.4 is 5.73 Å². The maximum atomic E-state index is 9.27. The summed E-state index contributed by atoms with van der Waals surface area (Å²) in [7, 11) is 0. The van der Waals surface area contributed by atoms with Gasteiger partial charge in [0.25, 0.3) is 0 Å². The van der Waals surface area contributed by atoms with E-state index in [-0.39, 0.29) is 12.1 Å². The molecule has 0 saturated carbocycles. The predicted octanol–water partition coefficient (Wildman–Crippen LogP) is 1.63. The van der Waals surface area contributed by atoms with Gasteiger partial charge in [0.05, 0.1) is 6.10 Å². The summed E-state index contributed by atoms with van der Waals surface area (Å²) in [5, 5.41) is 9.27. The molecule has 0 aliphatic heterocycles. The summed E-state index contributed by atoms with van der Waals surface area (Å²) in [4.78, 5) is 0. The predicted molar refractivity (Wildman–Crippen MR) is 54.4 cm³/mol. The zero-order valence-electron chi connectivity index (χ0n) is 8.20. The van der Waals surface area contributed by atoms with Crippen LogP contribution in [-0.2, 0) is 6.42 Å². The number of aliphatic hydroxyl groups is 1. The second-order valence-electron chi connectivity index (χ2n) is 3.54. The van der Waals surface area contributed by atoms with Crippen molar-refractivity contribution in [2.75, 3.05) is 0 Å². The van der Waals surface area contributed by atoms with Crippen LogP contribution in [0.3, 0.4) is 0 Å². The van der Waals surface area contributed by atoms with Gasteiger partial charge in [0.1, 0.15) is 0 Å². The molecule has 3 N–H and O–H groups in total. The van der Waals surface area contributed by atoms with Crippen molar-refractivity contribution in [3.8, 4) is 0 Å². The molecule has 13 heavy (non-hydrogen) atoms. The first kappa shape index (κ1) is 10.2. The van der Waals surface area contributed by atoms with Gasteiger partial charge in [0.2, 0.25) is 0 Å². The van der Waals surface area contributed by atoms with E-state index in [9.17, 15) is 5.11 Å². The average molecular weight is 179 g/mol. The maximum absolute atomic E-state index is 9.27. The van der Waals surface area contributed by atoms with E-state index in [0.29, 0.717) is 6.42 Å². The largest absolute Gasteiger partial charge is 0.393 e. The Morgan fingerprint density at radius 2 is 1.92 bits per heavy atom. The number of rotatable bonds is 3. The van der Waals surface area contributed by atoms with Crippen molar-refractivity contribution in [2.24, 2.45) is 5.73 Å². The Morgan fingerprint density at radius 3 is 2.46 bits per heavy atom. The van der Waals surface area contributed by atoms with E-state index in [1.807, 2.05) is 31.2 Å². The molecule has 0 aliphatic rings. The SMILES string of the molecule is CC(O)Cc1ccccc1C(C)N. The second-order valence-corrected chi connectivity index (χ2v) is 3.54. The van der Waals surface area contributed by atoms with Gasteiger partial charge < -0.3 is 10.8 Å². The van der Waals surface area contributed by atoms with Gasteiger partial charge in [-0.25, -0.2) is 0 Å². The van der Waals surface area contributed by atoms with Crippen LogP contribution >= 0.6 is 0 Å². The first-order valence-corrected chi connectivity index (χ1v) is 4.62. The van der Waals surface area contributed by atoms with Gasteiger partial charge in [-0.2, -0.15) is 0 Å². The van der Waals surface area contributed by atoms with E-state index in [1.165, 1.54) is 0 Å².